The third kappa shape index (κ3) is 4.84. The molecule has 11 heteroatoms. The molecule has 0 unspecified atom stereocenters. The molecule has 0 amide bonds. The molecule has 4 heterocycles. The van der Waals surface area contributed by atoms with Gasteiger partial charge in [-0.05, 0) is 0 Å². The van der Waals surface area contributed by atoms with Gasteiger partial charge in [0.1, 0.15) is 0 Å². The Morgan fingerprint density at radius 3 is 2.15 bits per heavy atom. The van der Waals surface area contributed by atoms with Gasteiger partial charge in [0.25, 0.3) is 0 Å². The maximum absolute atomic E-state index is 7.34. The molecule has 4 atom stereocenters. The first-order valence-corrected chi connectivity index (χ1v) is 18.0. The van der Waals surface area contributed by atoms with E-state index >= 15 is 0 Å². The summed E-state index contributed by atoms with van der Waals surface area (Å²) in [5.41, 5.74) is 1.14. The minimum absolute atomic E-state index is 0.0148. The standard InChI is InChI=1S/C29H32Cl2N4O3SeSi/c1-28(2,3)40(18-12-8-6-9-13-18,19-14-10-7-11-15-19)36-16-20-22-23(38-29(4,5)37-22)26(39-20)35-17-32-21-24(30)33-27(31)34-25(21)35/h6-15,17,20,22-23,26H,16H2,1-5H3/t20-,22-,23-,26-/m1/s1. The van der Waals surface area contributed by atoms with Gasteiger partial charge in [-0.25, -0.2) is 0 Å². The van der Waals surface area contributed by atoms with Crippen LogP contribution in [0, 0.1) is 0 Å². The number of nitrogens with zero attached hydrogens (tertiary/aromatic N) is 4. The molecule has 0 spiro atoms. The van der Waals surface area contributed by atoms with Gasteiger partial charge in [0.15, 0.2) is 0 Å². The zero-order valence-electron chi connectivity index (χ0n) is 23.0. The molecule has 0 radical (unpaired) electrons. The Morgan fingerprint density at radius 1 is 0.950 bits per heavy atom. The van der Waals surface area contributed by atoms with Crippen LogP contribution >= 0.6 is 23.2 Å². The van der Waals surface area contributed by atoms with Crippen LogP contribution in [-0.2, 0) is 13.9 Å². The zero-order valence-corrected chi connectivity index (χ0v) is 27.3. The summed E-state index contributed by atoms with van der Waals surface area (Å²) < 4.78 is 22.4. The number of fused-ring (bicyclic) bond motifs is 2. The molecule has 7 nitrogen and oxygen atoms in total. The molecule has 210 valence electrons. The fourth-order valence-corrected chi connectivity index (χ4v) is 14.5. The SMILES string of the molecule is CC1(C)O[C@@H]2[C@H](O1)[C@@H](CO[Si](c1ccccc1)(c1ccccc1)C(C)(C)C)[Se][C@H]2n1cnc2c(Cl)nc(Cl)nc21. The van der Waals surface area contributed by atoms with Gasteiger partial charge >= 0.3 is 253 Å². The second-order valence-corrected chi connectivity index (χ2v) is 19.6. The van der Waals surface area contributed by atoms with Crippen LogP contribution in [0.3, 0.4) is 0 Å². The Kier molecular flexibility index (Phi) is 7.41. The number of ether oxygens (including phenoxy) is 2. The first-order valence-electron chi connectivity index (χ1n) is 13.3. The minimum atomic E-state index is -2.70. The van der Waals surface area contributed by atoms with Crippen LogP contribution < -0.4 is 10.4 Å². The number of benzene rings is 2. The Balaban J connectivity index is 1.38. The van der Waals surface area contributed by atoms with Crippen LogP contribution in [0.5, 0.6) is 0 Å². The van der Waals surface area contributed by atoms with Crippen molar-refractivity contribution in [1.29, 1.82) is 0 Å². The van der Waals surface area contributed by atoms with Gasteiger partial charge in [-0.3, -0.25) is 0 Å². The molecule has 0 aliphatic carbocycles. The molecular weight excluding hydrogens is 630 g/mol. The van der Waals surface area contributed by atoms with Crippen molar-refractivity contribution >= 4 is 68.0 Å². The van der Waals surface area contributed by atoms with Crippen LogP contribution in [-0.4, -0.2) is 67.4 Å². The summed E-state index contributed by atoms with van der Waals surface area (Å²) in [5, 5.41) is 2.75. The third-order valence-electron chi connectivity index (χ3n) is 7.63. The molecule has 2 aliphatic heterocycles. The topological polar surface area (TPSA) is 71.3 Å². The normalized spacial score (nSPS) is 24.5. The first kappa shape index (κ1) is 28.3. The number of hydrogen-bond acceptors (Lipinski definition) is 6. The van der Waals surface area contributed by atoms with E-state index in [-0.39, 0.29) is 52.4 Å². The van der Waals surface area contributed by atoms with Gasteiger partial charge in [-0.2, -0.15) is 0 Å². The van der Waals surface area contributed by atoms with Crippen LogP contribution in [0.1, 0.15) is 39.6 Å². The first-order chi connectivity index (χ1) is 19.0. The summed E-state index contributed by atoms with van der Waals surface area (Å²) in [4.78, 5) is 13.2. The van der Waals surface area contributed by atoms with E-state index < -0.39 is 14.1 Å². The fourth-order valence-electron chi connectivity index (χ4n) is 6.03. The average molecular weight is 663 g/mol. The fraction of sp³-hybridized carbons (Fsp3) is 0.414. The molecule has 2 fully saturated rings. The molecule has 0 bridgehead atoms. The van der Waals surface area contributed by atoms with Gasteiger partial charge in [0, 0.05) is 0 Å². The van der Waals surface area contributed by atoms with E-state index in [1.807, 2.05) is 18.4 Å². The Morgan fingerprint density at radius 2 is 1.55 bits per heavy atom. The summed E-state index contributed by atoms with van der Waals surface area (Å²) in [6, 6.07) is 21.5. The van der Waals surface area contributed by atoms with Crippen molar-refractivity contribution in [1.82, 2.24) is 19.5 Å². The van der Waals surface area contributed by atoms with E-state index in [0.717, 1.165) is 0 Å². The number of imidazole rings is 1. The van der Waals surface area contributed by atoms with Crippen molar-refractivity contribution in [3.8, 4) is 0 Å². The summed E-state index contributed by atoms with van der Waals surface area (Å²) in [6.07, 6.45) is 1.47. The van der Waals surface area contributed by atoms with E-state index in [1.165, 1.54) is 10.4 Å². The average Bonchev–Trinajstić information content (AvgIpc) is 3.56. The molecule has 40 heavy (non-hydrogen) atoms. The van der Waals surface area contributed by atoms with Crippen LogP contribution in [0.15, 0.2) is 67.0 Å². The van der Waals surface area contributed by atoms with Crippen molar-refractivity contribution < 1.29 is 13.9 Å². The maximum atomic E-state index is 7.34. The predicted molar refractivity (Wildman–Crippen MR) is 161 cm³/mol. The molecular formula is C29H32Cl2N4O3SeSi. The summed E-state index contributed by atoms with van der Waals surface area (Å²) >= 11 is 12.6. The Bertz CT molecular complexity index is 1480. The number of aromatic nitrogens is 4. The van der Waals surface area contributed by atoms with E-state index in [0.29, 0.717) is 17.8 Å². The molecule has 2 saturated heterocycles. The van der Waals surface area contributed by atoms with E-state index in [4.69, 9.17) is 37.1 Å². The van der Waals surface area contributed by atoms with Crippen molar-refractivity contribution in [3.63, 3.8) is 0 Å². The zero-order chi connectivity index (χ0) is 28.3. The molecule has 4 aromatic rings. The Hall–Kier alpha value is -1.81. The van der Waals surface area contributed by atoms with Crippen molar-refractivity contribution in [2.24, 2.45) is 0 Å². The quantitative estimate of drug-likeness (QED) is 0.160. The second-order valence-electron chi connectivity index (χ2n) is 11.7. The predicted octanol–water partition coefficient (Wildman–Crippen LogP) is 5.23. The van der Waals surface area contributed by atoms with Crippen molar-refractivity contribution in [2.75, 3.05) is 6.61 Å². The van der Waals surface area contributed by atoms with Gasteiger partial charge in [-0.15, -0.1) is 0 Å². The van der Waals surface area contributed by atoms with Crippen molar-refractivity contribution in [2.45, 2.75) is 67.4 Å². The van der Waals surface area contributed by atoms with E-state index in [1.54, 1.807) is 6.33 Å². The molecule has 2 aromatic carbocycles. The Labute approximate surface area is 251 Å². The summed E-state index contributed by atoms with van der Waals surface area (Å²) in [7, 11) is -2.70. The van der Waals surface area contributed by atoms with Crippen molar-refractivity contribution in [3.05, 3.63) is 77.4 Å². The van der Waals surface area contributed by atoms with Gasteiger partial charge in [0.2, 0.25) is 0 Å². The van der Waals surface area contributed by atoms with Crippen LogP contribution in [0.4, 0.5) is 0 Å². The summed E-state index contributed by atoms with van der Waals surface area (Å²) in [5.74, 6) is -0.708. The van der Waals surface area contributed by atoms with Gasteiger partial charge < -0.3 is 0 Å². The monoisotopic (exact) mass is 662 g/mol. The number of hydrogen-bond donors (Lipinski definition) is 0. The summed E-state index contributed by atoms with van der Waals surface area (Å²) in [6.45, 7) is 11.4. The molecule has 2 aromatic heterocycles. The van der Waals surface area contributed by atoms with Gasteiger partial charge in [-0.1, -0.05) is 0 Å². The molecule has 0 saturated carbocycles. The van der Waals surface area contributed by atoms with E-state index in [2.05, 4.69) is 96.4 Å². The number of halogens is 2. The molecule has 6 rings (SSSR count). The van der Waals surface area contributed by atoms with E-state index in [9.17, 15) is 0 Å². The number of rotatable bonds is 6. The van der Waals surface area contributed by atoms with Crippen LogP contribution in [0.25, 0.3) is 11.2 Å². The molecule has 0 N–H and O–H groups in total. The van der Waals surface area contributed by atoms with Gasteiger partial charge in [0.05, 0.1) is 0 Å². The molecule has 2 aliphatic rings. The second kappa shape index (κ2) is 10.5. The third-order valence-corrected chi connectivity index (χ3v) is 16.3. The van der Waals surface area contributed by atoms with Crippen LogP contribution in [0.2, 0.25) is 20.3 Å².